The molecule has 0 radical (unpaired) electrons. The third-order valence-corrected chi connectivity index (χ3v) is 5.10. The molecule has 28 heavy (non-hydrogen) atoms. The third-order valence-electron chi connectivity index (χ3n) is 5.10. The molecule has 4 rings (SSSR count). The molecule has 1 fully saturated rings. The molecular formula is C24H24FN3. The summed E-state index contributed by atoms with van der Waals surface area (Å²) in [6.07, 6.45) is 0. The Morgan fingerprint density at radius 2 is 1.32 bits per heavy atom. The van der Waals surface area contributed by atoms with Gasteiger partial charge in [-0.3, -0.25) is 0 Å². The van der Waals surface area contributed by atoms with E-state index in [-0.39, 0.29) is 17.9 Å². The molecule has 3 nitrogen and oxygen atoms in total. The maximum atomic E-state index is 13.4. The lowest BCUT2D eigenvalue weighted by molar-refractivity contribution is 0.553. The zero-order valence-electron chi connectivity index (χ0n) is 16.1. The lowest BCUT2D eigenvalue weighted by atomic mass is 9.94. The van der Waals surface area contributed by atoms with E-state index in [0.29, 0.717) is 6.54 Å². The van der Waals surface area contributed by atoms with Gasteiger partial charge in [0, 0.05) is 0 Å². The molecule has 4 heteroatoms. The van der Waals surface area contributed by atoms with E-state index in [2.05, 4.69) is 78.0 Å². The molecule has 1 saturated heterocycles. The van der Waals surface area contributed by atoms with Gasteiger partial charge in [0.25, 0.3) is 0 Å². The third kappa shape index (κ3) is 4.06. The largest absolute Gasteiger partial charge is 0.347 e. The van der Waals surface area contributed by atoms with Crippen LogP contribution in [0.1, 0.15) is 39.9 Å². The van der Waals surface area contributed by atoms with Gasteiger partial charge in [-0.2, -0.15) is 0 Å². The molecule has 142 valence electrons. The van der Waals surface area contributed by atoms with Crippen LogP contribution in [0, 0.1) is 19.7 Å². The van der Waals surface area contributed by atoms with Crippen LogP contribution < -0.4 is 10.6 Å². The molecule has 0 aliphatic carbocycles. The van der Waals surface area contributed by atoms with Gasteiger partial charge in [-0.15, -0.1) is 0 Å². The van der Waals surface area contributed by atoms with Crippen molar-refractivity contribution in [1.82, 2.24) is 10.6 Å². The lowest BCUT2D eigenvalue weighted by Crippen LogP contribution is -2.25. The summed E-state index contributed by atoms with van der Waals surface area (Å²) in [7, 11) is 0. The highest BCUT2D eigenvalue weighted by atomic mass is 19.1. The van der Waals surface area contributed by atoms with Gasteiger partial charge < -0.3 is 10.6 Å². The zero-order valence-corrected chi connectivity index (χ0v) is 16.1. The number of aryl methyl sites for hydroxylation is 2. The zero-order chi connectivity index (χ0) is 19.5. The van der Waals surface area contributed by atoms with E-state index < -0.39 is 0 Å². The molecule has 2 atom stereocenters. The summed E-state index contributed by atoms with van der Waals surface area (Å²) in [5, 5.41) is 7.04. The minimum absolute atomic E-state index is 0.0783. The summed E-state index contributed by atoms with van der Waals surface area (Å²) in [6.45, 7) is 4.61. The standard InChI is InChI=1S/C24H24FN3/c1-16-6-10-19(11-7-16)22-23(20-12-8-17(2)9-13-20)28-24(27-22)26-15-18-4-3-5-21(25)14-18/h3-14,22-23H,15H2,1-2H3,(H2,26,27,28)/t22-,23+. The Hall–Kier alpha value is -3.14. The van der Waals surface area contributed by atoms with Crippen LogP contribution in [0.2, 0.25) is 0 Å². The van der Waals surface area contributed by atoms with Gasteiger partial charge in [-0.1, -0.05) is 71.8 Å². The Morgan fingerprint density at radius 1 is 0.786 bits per heavy atom. The Labute approximate surface area is 165 Å². The van der Waals surface area contributed by atoms with Crippen molar-refractivity contribution < 1.29 is 4.39 Å². The normalized spacial score (nSPS) is 20.0. The maximum absolute atomic E-state index is 13.4. The van der Waals surface area contributed by atoms with E-state index in [4.69, 9.17) is 0 Å². The average molecular weight is 373 g/mol. The number of nitrogens with zero attached hydrogens (tertiary/aromatic N) is 1. The summed E-state index contributed by atoms with van der Waals surface area (Å²) in [4.78, 5) is 4.65. The number of halogens is 1. The number of rotatable bonds is 4. The first-order chi connectivity index (χ1) is 13.6. The molecule has 0 bridgehead atoms. The second-order valence-electron chi connectivity index (χ2n) is 7.36. The first kappa shape index (κ1) is 18.2. The number of aliphatic imine (C=N–C) groups is 1. The van der Waals surface area contributed by atoms with E-state index in [9.17, 15) is 4.39 Å². The molecule has 1 heterocycles. The van der Waals surface area contributed by atoms with Crippen LogP contribution in [0.25, 0.3) is 0 Å². The first-order valence-electron chi connectivity index (χ1n) is 9.53. The highest BCUT2D eigenvalue weighted by molar-refractivity contribution is 5.83. The molecule has 0 aromatic heterocycles. The van der Waals surface area contributed by atoms with E-state index in [1.54, 1.807) is 6.07 Å². The number of benzene rings is 3. The second kappa shape index (κ2) is 7.85. The van der Waals surface area contributed by atoms with Crippen LogP contribution >= 0.6 is 0 Å². The van der Waals surface area contributed by atoms with Crippen LogP contribution in [0.5, 0.6) is 0 Å². The highest BCUT2D eigenvalue weighted by Gasteiger charge is 2.32. The number of hydrogen-bond donors (Lipinski definition) is 2. The summed E-state index contributed by atoms with van der Waals surface area (Å²) in [5.74, 6) is 0.500. The molecule has 3 aromatic rings. The number of hydrogen-bond acceptors (Lipinski definition) is 1. The van der Waals surface area contributed by atoms with Gasteiger partial charge >= 0.3 is 0 Å². The molecule has 0 spiro atoms. The summed E-state index contributed by atoms with van der Waals surface area (Å²) >= 11 is 0. The second-order valence-corrected chi connectivity index (χ2v) is 7.36. The van der Waals surface area contributed by atoms with Crippen LogP contribution in [-0.4, -0.2) is 5.96 Å². The smallest absolute Gasteiger partial charge is 0.192 e. The van der Waals surface area contributed by atoms with Gasteiger partial charge in [-0.05, 0) is 42.7 Å². The van der Waals surface area contributed by atoms with Crippen molar-refractivity contribution in [2.45, 2.75) is 32.5 Å². The fraction of sp³-hybridized carbons (Fsp3) is 0.208. The van der Waals surface area contributed by atoms with Gasteiger partial charge in [0.05, 0.1) is 18.6 Å². The van der Waals surface area contributed by atoms with Gasteiger partial charge in [-0.25, -0.2) is 9.38 Å². The fourth-order valence-electron chi connectivity index (χ4n) is 3.50. The summed E-state index contributed by atoms with van der Waals surface area (Å²) in [5.41, 5.74) is 5.74. The molecule has 0 unspecified atom stereocenters. The number of nitrogens with one attached hydrogen (secondary N) is 2. The Morgan fingerprint density at radius 3 is 1.82 bits per heavy atom. The van der Waals surface area contributed by atoms with Crippen molar-refractivity contribution in [1.29, 1.82) is 0 Å². The summed E-state index contributed by atoms with van der Waals surface area (Å²) in [6, 6.07) is 23.9. The van der Waals surface area contributed by atoms with Crippen molar-refractivity contribution in [2.24, 2.45) is 4.99 Å². The Kier molecular flexibility index (Phi) is 5.11. The first-order valence-corrected chi connectivity index (χ1v) is 9.53. The molecule has 1 aliphatic rings. The summed E-state index contributed by atoms with van der Waals surface area (Å²) < 4.78 is 13.4. The van der Waals surface area contributed by atoms with Crippen LogP contribution in [0.4, 0.5) is 4.39 Å². The van der Waals surface area contributed by atoms with Crippen molar-refractivity contribution in [2.75, 3.05) is 0 Å². The molecule has 0 amide bonds. The molecule has 0 saturated carbocycles. The Bertz CT molecular complexity index is 922. The minimum Gasteiger partial charge on any atom is -0.347 e. The molecule has 2 N–H and O–H groups in total. The highest BCUT2D eigenvalue weighted by Crippen LogP contribution is 2.32. The molecule has 1 aliphatic heterocycles. The topological polar surface area (TPSA) is 36.4 Å². The van der Waals surface area contributed by atoms with E-state index in [1.165, 1.54) is 34.4 Å². The quantitative estimate of drug-likeness (QED) is 0.677. The fourth-order valence-corrected chi connectivity index (χ4v) is 3.50. The number of guanidine groups is 1. The molecular weight excluding hydrogens is 349 g/mol. The van der Waals surface area contributed by atoms with Crippen molar-refractivity contribution >= 4 is 5.96 Å². The van der Waals surface area contributed by atoms with Crippen LogP contribution in [0.3, 0.4) is 0 Å². The SMILES string of the molecule is Cc1ccc([C@H]2NC(=NCc3cccc(F)c3)N[C@H]2c2ccc(C)cc2)cc1. The van der Waals surface area contributed by atoms with Gasteiger partial charge in [0.1, 0.15) is 5.82 Å². The Balaban J connectivity index is 1.61. The van der Waals surface area contributed by atoms with Crippen molar-refractivity contribution in [3.8, 4) is 0 Å². The van der Waals surface area contributed by atoms with Crippen LogP contribution in [0.15, 0.2) is 77.8 Å². The van der Waals surface area contributed by atoms with Crippen molar-refractivity contribution in [3.63, 3.8) is 0 Å². The van der Waals surface area contributed by atoms with Crippen LogP contribution in [-0.2, 0) is 6.54 Å². The monoisotopic (exact) mass is 373 g/mol. The lowest BCUT2D eigenvalue weighted by Gasteiger charge is -2.20. The predicted molar refractivity (Wildman–Crippen MR) is 112 cm³/mol. The van der Waals surface area contributed by atoms with Gasteiger partial charge in [0.15, 0.2) is 5.96 Å². The van der Waals surface area contributed by atoms with E-state index >= 15 is 0 Å². The van der Waals surface area contributed by atoms with Crippen molar-refractivity contribution in [3.05, 3.63) is 106 Å². The average Bonchev–Trinajstić information content (AvgIpc) is 3.12. The minimum atomic E-state index is -0.236. The molecule has 3 aromatic carbocycles. The maximum Gasteiger partial charge on any atom is 0.192 e. The van der Waals surface area contributed by atoms with E-state index in [1.807, 2.05) is 6.07 Å². The van der Waals surface area contributed by atoms with E-state index in [0.717, 1.165) is 11.5 Å². The predicted octanol–water partition coefficient (Wildman–Crippen LogP) is 4.97. The van der Waals surface area contributed by atoms with Gasteiger partial charge in [0.2, 0.25) is 0 Å².